The predicted molar refractivity (Wildman–Crippen MR) is 73.5 cm³/mol. The lowest BCUT2D eigenvalue weighted by atomic mass is 10.1. The van der Waals surface area contributed by atoms with Gasteiger partial charge in [0.15, 0.2) is 5.82 Å². The number of hydrogen-bond acceptors (Lipinski definition) is 3. The maximum absolute atomic E-state index is 8.77. The molecule has 4 nitrogen and oxygen atoms in total. The highest BCUT2D eigenvalue weighted by atomic mass is 14.9. The molecule has 4 heteroatoms. The minimum absolute atomic E-state index is 0.548. The van der Waals surface area contributed by atoms with Crippen LogP contribution in [0.4, 0.5) is 0 Å². The first-order valence-electron chi connectivity index (χ1n) is 6.01. The summed E-state index contributed by atoms with van der Waals surface area (Å²) in [4.78, 5) is 12.1. The van der Waals surface area contributed by atoms with E-state index >= 15 is 0 Å². The van der Waals surface area contributed by atoms with Crippen molar-refractivity contribution in [3.8, 4) is 17.6 Å². The number of fused-ring (bicyclic) bond motifs is 1. The summed E-state index contributed by atoms with van der Waals surface area (Å²) in [6, 6.07) is 9.79. The number of aromatic nitrogens is 3. The van der Waals surface area contributed by atoms with Gasteiger partial charge in [0.25, 0.3) is 0 Å². The normalized spacial score (nSPS) is 10.6. The van der Waals surface area contributed by atoms with Gasteiger partial charge in [-0.3, -0.25) is 4.98 Å². The number of nitrogens with one attached hydrogen (secondary N) is 1. The molecular weight excluding hydrogens is 236 g/mol. The van der Waals surface area contributed by atoms with Crippen molar-refractivity contribution in [3.63, 3.8) is 0 Å². The van der Waals surface area contributed by atoms with Crippen LogP contribution in [0.5, 0.6) is 0 Å². The number of nitrogens with zero attached hydrogens (tertiary/aromatic N) is 3. The Morgan fingerprint density at radius 2 is 2.05 bits per heavy atom. The molecule has 3 aromatic rings. The molecule has 2 heterocycles. The standard InChI is InChI=1S/C15H12N4/c1-9-5-10(2)14-13(6-9)18-15(19-14)12-4-3-11(7-16)8-17-12/h3-6,8H,1-2H3,(H,18,19). The molecule has 1 N–H and O–H groups in total. The molecule has 0 fully saturated rings. The molecule has 2 aromatic heterocycles. The summed E-state index contributed by atoms with van der Waals surface area (Å²) in [6.07, 6.45) is 1.56. The molecule has 92 valence electrons. The van der Waals surface area contributed by atoms with Gasteiger partial charge in [-0.25, -0.2) is 4.98 Å². The highest BCUT2D eigenvalue weighted by Crippen LogP contribution is 2.22. The van der Waals surface area contributed by atoms with Crippen LogP contribution in [-0.2, 0) is 0 Å². The van der Waals surface area contributed by atoms with Crippen LogP contribution in [0.1, 0.15) is 16.7 Å². The van der Waals surface area contributed by atoms with E-state index in [0.717, 1.165) is 28.1 Å². The lowest BCUT2D eigenvalue weighted by Gasteiger charge is -1.96. The molecule has 0 unspecified atom stereocenters. The van der Waals surface area contributed by atoms with E-state index < -0.39 is 0 Å². The number of hydrogen-bond donors (Lipinski definition) is 1. The summed E-state index contributed by atoms with van der Waals surface area (Å²) in [6.45, 7) is 4.11. The lowest BCUT2D eigenvalue weighted by molar-refractivity contribution is 1.23. The first kappa shape index (κ1) is 11.4. The van der Waals surface area contributed by atoms with Crippen molar-refractivity contribution in [2.45, 2.75) is 13.8 Å². The average Bonchev–Trinajstić information content (AvgIpc) is 2.83. The highest BCUT2D eigenvalue weighted by molar-refractivity contribution is 5.82. The van der Waals surface area contributed by atoms with E-state index in [-0.39, 0.29) is 0 Å². The predicted octanol–water partition coefficient (Wildman–Crippen LogP) is 3.11. The van der Waals surface area contributed by atoms with E-state index in [1.165, 1.54) is 5.56 Å². The number of H-pyrrole nitrogens is 1. The Balaban J connectivity index is 2.15. The fraction of sp³-hybridized carbons (Fsp3) is 0.133. The Hall–Kier alpha value is -2.67. The summed E-state index contributed by atoms with van der Waals surface area (Å²) in [5.41, 5.74) is 5.61. The van der Waals surface area contributed by atoms with E-state index in [2.05, 4.69) is 40.1 Å². The van der Waals surface area contributed by atoms with Crippen LogP contribution in [0.2, 0.25) is 0 Å². The molecular formula is C15H12N4. The first-order valence-corrected chi connectivity index (χ1v) is 6.01. The molecule has 0 aliphatic rings. The van der Waals surface area contributed by atoms with E-state index in [9.17, 15) is 0 Å². The van der Waals surface area contributed by atoms with E-state index in [1.54, 1.807) is 18.3 Å². The number of imidazole rings is 1. The van der Waals surface area contributed by atoms with E-state index in [0.29, 0.717) is 5.56 Å². The summed E-state index contributed by atoms with van der Waals surface area (Å²) < 4.78 is 0. The summed E-state index contributed by atoms with van der Waals surface area (Å²) in [7, 11) is 0. The van der Waals surface area contributed by atoms with Crippen LogP contribution >= 0.6 is 0 Å². The van der Waals surface area contributed by atoms with Crippen molar-refractivity contribution in [3.05, 3.63) is 47.2 Å². The summed E-state index contributed by atoms with van der Waals surface area (Å²) in [5, 5.41) is 8.77. The quantitative estimate of drug-likeness (QED) is 0.719. The molecule has 0 saturated carbocycles. The van der Waals surface area contributed by atoms with Crippen LogP contribution in [0, 0.1) is 25.2 Å². The fourth-order valence-electron chi connectivity index (χ4n) is 2.19. The molecule has 0 aliphatic heterocycles. The van der Waals surface area contributed by atoms with Crippen molar-refractivity contribution >= 4 is 11.0 Å². The van der Waals surface area contributed by atoms with Crippen LogP contribution < -0.4 is 0 Å². The van der Waals surface area contributed by atoms with Gasteiger partial charge in [0.2, 0.25) is 0 Å². The van der Waals surface area contributed by atoms with Gasteiger partial charge in [0.05, 0.1) is 16.6 Å². The number of nitriles is 1. The minimum Gasteiger partial charge on any atom is -0.337 e. The first-order chi connectivity index (χ1) is 9.17. The van der Waals surface area contributed by atoms with Crippen LogP contribution in [-0.4, -0.2) is 15.0 Å². The van der Waals surface area contributed by atoms with Crippen molar-refractivity contribution in [1.29, 1.82) is 5.26 Å². The zero-order chi connectivity index (χ0) is 13.4. The molecule has 0 spiro atoms. The van der Waals surface area contributed by atoms with Gasteiger partial charge in [0, 0.05) is 6.20 Å². The number of rotatable bonds is 1. The zero-order valence-electron chi connectivity index (χ0n) is 10.7. The van der Waals surface area contributed by atoms with Crippen LogP contribution in [0.25, 0.3) is 22.6 Å². The Morgan fingerprint density at radius 3 is 2.74 bits per heavy atom. The third-order valence-corrected chi connectivity index (χ3v) is 3.06. The van der Waals surface area contributed by atoms with Crippen molar-refractivity contribution in [2.24, 2.45) is 0 Å². The zero-order valence-corrected chi connectivity index (χ0v) is 10.7. The van der Waals surface area contributed by atoms with Gasteiger partial charge in [-0.05, 0) is 43.2 Å². The Morgan fingerprint density at radius 1 is 1.21 bits per heavy atom. The average molecular weight is 248 g/mol. The molecule has 0 atom stereocenters. The smallest absolute Gasteiger partial charge is 0.157 e. The highest BCUT2D eigenvalue weighted by Gasteiger charge is 2.08. The third-order valence-electron chi connectivity index (χ3n) is 3.06. The Bertz CT molecular complexity index is 791. The topological polar surface area (TPSA) is 65.4 Å². The van der Waals surface area contributed by atoms with Gasteiger partial charge >= 0.3 is 0 Å². The summed E-state index contributed by atoms with van der Waals surface area (Å²) >= 11 is 0. The number of pyridine rings is 1. The minimum atomic E-state index is 0.548. The number of aryl methyl sites for hydroxylation is 2. The SMILES string of the molecule is Cc1cc(C)c2nc(-c3ccc(C#N)cn3)[nH]c2c1. The fourth-order valence-corrected chi connectivity index (χ4v) is 2.19. The monoisotopic (exact) mass is 248 g/mol. The molecule has 0 saturated heterocycles. The van der Waals surface area contributed by atoms with Crippen molar-refractivity contribution in [1.82, 2.24) is 15.0 Å². The molecule has 19 heavy (non-hydrogen) atoms. The maximum atomic E-state index is 8.77. The molecule has 0 amide bonds. The molecule has 1 aromatic carbocycles. The van der Waals surface area contributed by atoms with Crippen LogP contribution in [0.3, 0.4) is 0 Å². The second-order valence-electron chi connectivity index (χ2n) is 4.61. The molecule has 0 radical (unpaired) electrons. The largest absolute Gasteiger partial charge is 0.337 e. The van der Waals surface area contributed by atoms with Crippen molar-refractivity contribution < 1.29 is 0 Å². The second-order valence-corrected chi connectivity index (χ2v) is 4.61. The Kier molecular flexibility index (Phi) is 2.53. The van der Waals surface area contributed by atoms with Gasteiger partial charge < -0.3 is 4.98 Å². The van der Waals surface area contributed by atoms with E-state index in [4.69, 9.17) is 5.26 Å². The third kappa shape index (κ3) is 1.95. The van der Waals surface area contributed by atoms with Gasteiger partial charge in [0.1, 0.15) is 11.8 Å². The van der Waals surface area contributed by atoms with Gasteiger partial charge in [-0.1, -0.05) is 6.07 Å². The molecule has 3 rings (SSSR count). The summed E-state index contributed by atoms with van der Waals surface area (Å²) in [5.74, 6) is 0.730. The number of aromatic amines is 1. The Labute approximate surface area is 110 Å². The lowest BCUT2D eigenvalue weighted by Crippen LogP contribution is -1.86. The molecule has 0 aliphatic carbocycles. The second kappa shape index (κ2) is 4.21. The van der Waals surface area contributed by atoms with Gasteiger partial charge in [-0.2, -0.15) is 5.26 Å². The van der Waals surface area contributed by atoms with E-state index in [1.807, 2.05) is 6.92 Å². The van der Waals surface area contributed by atoms with Crippen molar-refractivity contribution in [2.75, 3.05) is 0 Å². The van der Waals surface area contributed by atoms with Crippen LogP contribution in [0.15, 0.2) is 30.5 Å². The van der Waals surface area contributed by atoms with Gasteiger partial charge in [-0.15, -0.1) is 0 Å². The molecule has 0 bridgehead atoms. The number of benzene rings is 1. The maximum Gasteiger partial charge on any atom is 0.157 e.